The Bertz CT molecular complexity index is 1190. The van der Waals surface area contributed by atoms with E-state index in [0.29, 0.717) is 34.3 Å². The number of anilines is 2. The van der Waals surface area contributed by atoms with Crippen LogP contribution in [0.25, 0.3) is 10.3 Å². The number of aromatic nitrogens is 3. The zero-order valence-corrected chi connectivity index (χ0v) is 18.9. The Kier molecular flexibility index (Phi) is 6.50. The van der Waals surface area contributed by atoms with Gasteiger partial charge in [0.1, 0.15) is 17.6 Å². The van der Waals surface area contributed by atoms with Gasteiger partial charge in [-0.1, -0.05) is 29.0 Å². The molecule has 1 atom stereocenters. The van der Waals surface area contributed by atoms with Crippen molar-refractivity contribution in [3.8, 4) is 0 Å². The van der Waals surface area contributed by atoms with E-state index in [1.54, 1.807) is 0 Å². The number of carbonyl (C=O) groups is 2. The summed E-state index contributed by atoms with van der Waals surface area (Å²) in [5.41, 5.74) is 1.84. The van der Waals surface area contributed by atoms with E-state index >= 15 is 0 Å². The summed E-state index contributed by atoms with van der Waals surface area (Å²) in [6.07, 6.45) is 3.08. The predicted octanol–water partition coefficient (Wildman–Crippen LogP) is 2.15. The lowest BCUT2D eigenvalue weighted by atomic mass is 9.97. The Morgan fingerprint density at radius 2 is 2.03 bits per heavy atom. The molecule has 1 aliphatic heterocycles. The maximum absolute atomic E-state index is 12.9. The topological polar surface area (TPSA) is 109 Å². The fraction of sp³-hybridized carbons (Fsp3) is 0.409. The molecule has 4 rings (SSSR count). The zero-order chi connectivity index (χ0) is 22.7. The van der Waals surface area contributed by atoms with E-state index in [2.05, 4.69) is 20.6 Å². The van der Waals surface area contributed by atoms with Crippen molar-refractivity contribution < 1.29 is 9.59 Å². The highest BCUT2D eigenvalue weighted by molar-refractivity contribution is 7.22. The van der Waals surface area contributed by atoms with E-state index in [1.807, 2.05) is 43.0 Å². The number of hydrogen-bond acceptors (Lipinski definition) is 7. The van der Waals surface area contributed by atoms with Crippen LogP contribution in [0.3, 0.4) is 0 Å². The first-order chi connectivity index (χ1) is 15.4. The quantitative estimate of drug-likeness (QED) is 0.591. The molecule has 0 radical (unpaired) electrons. The first-order valence-electron chi connectivity index (χ1n) is 10.7. The SMILES string of the molecule is CCNC(=O)C1CCCN(c2nc3ncn(CC(=O)Nc4ccc(C)cc4)c(=O)c3s2)C1. The molecule has 0 saturated carbocycles. The molecule has 1 fully saturated rings. The van der Waals surface area contributed by atoms with Crippen molar-refractivity contribution in [2.75, 3.05) is 29.9 Å². The standard InChI is InChI=1S/C22H26N6O3S/c1-3-23-20(30)15-5-4-10-27(11-15)22-26-19-18(32-22)21(31)28(13-24-19)12-17(29)25-16-8-6-14(2)7-9-16/h6-9,13,15H,3-5,10-12H2,1-2H3,(H,23,30)(H,25,29). The van der Waals surface area contributed by atoms with Crippen LogP contribution in [-0.4, -0.2) is 46.0 Å². The lowest BCUT2D eigenvalue weighted by Gasteiger charge is -2.31. The average Bonchev–Trinajstić information content (AvgIpc) is 3.23. The molecule has 0 bridgehead atoms. The van der Waals surface area contributed by atoms with Crippen LogP contribution in [0, 0.1) is 12.8 Å². The predicted molar refractivity (Wildman–Crippen MR) is 125 cm³/mol. The van der Waals surface area contributed by atoms with Crippen LogP contribution in [0.4, 0.5) is 10.8 Å². The van der Waals surface area contributed by atoms with E-state index < -0.39 is 0 Å². The van der Waals surface area contributed by atoms with Crippen molar-refractivity contribution in [1.29, 1.82) is 0 Å². The third-order valence-electron chi connectivity index (χ3n) is 5.44. The Morgan fingerprint density at radius 3 is 2.78 bits per heavy atom. The molecule has 2 N–H and O–H groups in total. The van der Waals surface area contributed by atoms with Crippen LogP contribution >= 0.6 is 11.3 Å². The third kappa shape index (κ3) is 4.80. The summed E-state index contributed by atoms with van der Waals surface area (Å²) in [5, 5.41) is 6.35. The van der Waals surface area contributed by atoms with Gasteiger partial charge in [-0.15, -0.1) is 0 Å². The van der Waals surface area contributed by atoms with E-state index in [1.165, 1.54) is 22.2 Å². The minimum absolute atomic E-state index is 0.0541. The van der Waals surface area contributed by atoms with Crippen LogP contribution in [0.5, 0.6) is 0 Å². The van der Waals surface area contributed by atoms with Gasteiger partial charge < -0.3 is 15.5 Å². The Morgan fingerprint density at radius 1 is 1.25 bits per heavy atom. The van der Waals surface area contributed by atoms with Gasteiger partial charge in [-0.25, -0.2) is 4.98 Å². The first-order valence-corrected chi connectivity index (χ1v) is 11.5. The van der Waals surface area contributed by atoms with Gasteiger partial charge in [0.05, 0.1) is 5.92 Å². The van der Waals surface area contributed by atoms with Gasteiger partial charge >= 0.3 is 0 Å². The summed E-state index contributed by atoms with van der Waals surface area (Å²) in [4.78, 5) is 48.4. The molecule has 1 saturated heterocycles. The van der Waals surface area contributed by atoms with Crippen molar-refractivity contribution in [2.24, 2.45) is 5.92 Å². The van der Waals surface area contributed by atoms with E-state index in [4.69, 9.17) is 0 Å². The number of fused-ring (bicyclic) bond motifs is 1. The fourth-order valence-electron chi connectivity index (χ4n) is 3.76. The molecular formula is C22H26N6O3S. The summed E-state index contributed by atoms with van der Waals surface area (Å²) in [7, 11) is 0. The number of nitrogens with zero attached hydrogens (tertiary/aromatic N) is 4. The van der Waals surface area contributed by atoms with Crippen molar-refractivity contribution in [1.82, 2.24) is 19.9 Å². The number of nitrogens with one attached hydrogen (secondary N) is 2. The number of amides is 2. The molecule has 3 heterocycles. The van der Waals surface area contributed by atoms with Gasteiger partial charge in [-0.3, -0.25) is 19.0 Å². The molecule has 1 aliphatic rings. The molecule has 10 heteroatoms. The molecule has 2 aromatic heterocycles. The largest absolute Gasteiger partial charge is 0.356 e. The molecule has 3 aromatic rings. The van der Waals surface area contributed by atoms with Crippen molar-refractivity contribution >= 4 is 44.3 Å². The van der Waals surface area contributed by atoms with Gasteiger partial charge in [0, 0.05) is 25.3 Å². The molecule has 1 unspecified atom stereocenters. The second-order valence-corrected chi connectivity index (χ2v) is 8.90. The number of thiazole rings is 1. The number of rotatable bonds is 6. The molecule has 32 heavy (non-hydrogen) atoms. The van der Waals surface area contributed by atoms with Gasteiger partial charge in [-0.2, -0.15) is 4.98 Å². The number of carbonyl (C=O) groups excluding carboxylic acids is 2. The first kappa shape index (κ1) is 21.9. The van der Waals surface area contributed by atoms with Crippen LogP contribution in [0.1, 0.15) is 25.3 Å². The van der Waals surface area contributed by atoms with Crippen LogP contribution < -0.4 is 21.1 Å². The minimum Gasteiger partial charge on any atom is -0.356 e. The normalized spacial score (nSPS) is 16.2. The second-order valence-electron chi connectivity index (χ2n) is 7.92. The lowest BCUT2D eigenvalue weighted by Crippen LogP contribution is -2.43. The van der Waals surface area contributed by atoms with Crippen LogP contribution in [0.2, 0.25) is 0 Å². The van der Waals surface area contributed by atoms with Crippen molar-refractivity contribution in [2.45, 2.75) is 33.2 Å². The van der Waals surface area contributed by atoms with Crippen LogP contribution in [0.15, 0.2) is 35.4 Å². The Labute approximate surface area is 189 Å². The maximum atomic E-state index is 12.9. The van der Waals surface area contributed by atoms with Gasteiger partial charge in [0.15, 0.2) is 10.8 Å². The number of piperidine rings is 1. The van der Waals surface area contributed by atoms with Crippen molar-refractivity contribution in [3.63, 3.8) is 0 Å². The highest BCUT2D eigenvalue weighted by Gasteiger charge is 2.27. The van der Waals surface area contributed by atoms with Gasteiger partial charge in [0.2, 0.25) is 11.8 Å². The average molecular weight is 455 g/mol. The van der Waals surface area contributed by atoms with E-state index in [9.17, 15) is 14.4 Å². The molecule has 2 amide bonds. The summed E-state index contributed by atoms with van der Waals surface area (Å²) < 4.78 is 1.70. The highest BCUT2D eigenvalue weighted by atomic mass is 32.1. The summed E-state index contributed by atoms with van der Waals surface area (Å²) in [6, 6.07) is 7.45. The third-order valence-corrected chi connectivity index (χ3v) is 6.53. The molecule has 168 valence electrons. The number of hydrogen-bond donors (Lipinski definition) is 2. The van der Waals surface area contributed by atoms with E-state index in [0.717, 1.165) is 24.9 Å². The molecule has 0 spiro atoms. The molecule has 1 aromatic carbocycles. The summed E-state index contributed by atoms with van der Waals surface area (Å²) in [6.45, 7) is 5.70. The summed E-state index contributed by atoms with van der Waals surface area (Å²) in [5.74, 6) is -0.341. The lowest BCUT2D eigenvalue weighted by molar-refractivity contribution is -0.125. The Hall–Kier alpha value is -3.27. The molecular weight excluding hydrogens is 428 g/mol. The molecule has 9 nitrogen and oxygen atoms in total. The van der Waals surface area contributed by atoms with E-state index in [-0.39, 0.29) is 29.8 Å². The Balaban J connectivity index is 1.49. The fourth-order valence-corrected chi connectivity index (χ4v) is 4.76. The summed E-state index contributed by atoms with van der Waals surface area (Å²) >= 11 is 1.26. The smallest absolute Gasteiger partial charge is 0.273 e. The van der Waals surface area contributed by atoms with Crippen molar-refractivity contribution in [3.05, 3.63) is 46.5 Å². The van der Waals surface area contributed by atoms with Crippen LogP contribution in [-0.2, 0) is 16.1 Å². The molecule has 0 aliphatic carbocycles. The number of benzene rings is 1. The number of aryl methyl sites for hydroxylation is 1. The minimum atomic E-state index is -0.303. The maximum Gasteiger partial charge on any atom is 0.273 e. The van der Waals surface area contributed by atoms with Gasteiger partial charge in [-0.05, 0) is 38.8 Å². The monoisotopic (exact) mass is 454 g/mol. The zero-order valence-electron chi connectivity index (χ0n) is 18.1. The van der Waals surface area contributed by atoms with Gasteiger partial charge in [0.25, 0.3) is 5.56 Å². The second kappa shape index (κ2) is 9.47. The highest BCUT2D eigenvalue weighted by Crippen LogP contribution is 2.29.